The molecule has 1 saturated heterocycles. The highest BCUT2D eigenvalue weighted by atomic mass is 15.3. The minimum atomic E-state index is 0.808. The van der Waals surface area contributed by atoms with Crippen molar-refractivity contribution in [1.29, 1.82) is 0 Å². The molecule has 0 saturated carbocycles. The predicted molar refractivity (Wildman–Crippen MR) is 70.4 cm³/mol. The number of hydrogen-bond acceptors (Lipinski definition) is 4. The summed E-state index contributed by atoms with van der Waals surface area (Å²) in [7, 11) is 2.03. The smallest absolute Gasteiger partial charge is 0.225 e. The van der Waals surface area contributed by atoms with Gasteiger partial charge in [-0.1, -0.05) is 0 Å². The molecule has 0 radical (unpaired) electrons. The first-order chi connectivity index (χ1) is 8.19. The van der Waals surface area contributed by atoms with Crippen LogP contribution in [0.3, 0.4) is 0 Å². The minimum absolute atomic E-state index is 0.808. The molecule has 0 amide bonds. The van der Waals surface area contributed by atoms with Crippen LogP contribution in [0, 0.1) is 19.8 Å². The molecule has 1 aromatic rings. The number of aryl methyl sites for hydroxylation is 2. The molecule has 1 aliphatic rings. The topological polar surface area (TPSA) is 41.0 Å². The molecular weight excluding hydrogens is 212 g/mol. The highest BCUT2D eigenvalue weighted by Crippen LogP contribution is 2.20. The van der Waals surface area contributed by atoms with Gasteiger partial charge in [-0.3, -0.25) is 0 Å². The van der Waals surface area contributed by atoms with E-state index in [0.717, 1.165) is 42.9 Å². The number of nitrogens with one attached hydrogen (secondary N) is 1. The molecular formula is C13H22N4. The maximum absolute atomic E-state index is 4.53. The van der Waals surface area contributed by atoms with Crippen LogP contribution in [-0.2, 0) is 0 Å². The van der Waals surface area contributed by atoms with Gasteiger partial charge in [-0.05, 0) is 52.3 Å². The Kier molecular flexibility index (Phi) is 3.94. The number of piperidine rings is 1. The second-order valence-corrected chi connectivity index (χ2v) is 4.94. The lowest BCUT2D eigenvalue weighted by Gasteiger charge is -2.32. The molecule has 0 aromatic carbocycles. The van der Waals surface area contributed by atoms with Crippen molar-refractivity contribution in [3.8, 4) is 0 Å². The number of aromatic nitrogens is 2. The molecule has 17 heavy (non-hydrogen) atoms. The zero-order chi connectivity index (χ0) is 12.3. The van der Waals surface area contributed by atoms with Gasteiger partial charge in [0.2, 0.25) is 5.95 Å². The van der Waals surface area contributed by atoms with Crippen molar-refractivity contribution in [2.45, 2.75) is 26.7 Å². The minimum Gasteiger partial charge on any atom is -0.341 e. The van der Waals surface area contributed by atoms with Gasteiger partial charge in [0.1, 0.15) is 0 Å². The van der Waals surface area contributed by atoms with E-state index >= 15 is 0 Å². The van der Waals surface area contributed by atoms with E-state index < -0.39 is 0 Å². The maximum atomic E-state index is 4.53. The van der Waals surface area contributed by atoms with E-state index in [1.54, 1.807) is 0 Å². The molecule has 4 nitrogen and oxygen atoms in total. The molecule has 2 heterocycles. The Bertz CT molecular complexity index is 349. The fourth-order valence-corrected chi connectivity index (χ4v) is 2.47. The maximum Gasteiger partial charge on any atom is 0.225 e. The lowest BCUT2D eigenvalue weighted by Crippen LogP contribution is -2.37. The number of hydrogen-bond donors (Lipinski definition) is 1. The van der Waals surface area contributed by atoms with Gasteiger partial charge in [0, 0.05) is 24.5 Å². The third-order valence-corrected chi connectivity index (χ3v) is 3.36. The molecule has 4 heteroatoms. The highest BCUT2D eigenvalue weighted by molar-refractivity contribution is 5.32. The van der Waals surface area contributed by atoms with Crippen molar-refractivity contribution in [1.82, 2.24) is 15.3 Å². The van der Waals surface area contributed by atoms with Gasteiger partial charge in [0.25, 0.3) is 0 Å². The van der Waals surface area contributed by atoms with Gasteiger partial charge in [-0.2, -0.15) is 0 Å². The second kappa shape index (κ2) is 5.45. The Morgan fingerprint density at radius 1 is 1.24 bits per heavy atom. The summed E-state index contributed by atoms with van der Waals surface area (Å²) in [6, 6.07) is 2.03. The fourth-order valence-electron chi connectivity index (χ4n) is 2.47. The van der Waals surface area contributed by atoms with Crippen LogP contribution < -0.4 is 10.2 Å². The molecule has 0 bridgehead atoms. The summed E-state index contributed by atoms with van der Waals surface area (Å²) in [4.78, 5) is 11.4. The molecule has 0 unspecified atom stereocenters. The Morgan fingerprint density at radius 3 is 2.35 bits per heavy atom. The van der Waals surface area contributed by atoms with Crippen LogP contribution in [0.4, 0.5) is 5.95 Å². The van der Waals surface area contributed by atoms with Gasteiger partial charge in [-0.15, -0.1) is 0 Å². The summed E-state index contributed by atoms with van der Waals surface area (Å²) in [5.74, 6) is 1.72. The van der Waals surface area contributed by atoms with Crippen molar-refractivity contribution in [3.05, 3.63) is 17.5 Å². The molecule has 94 valence electrons. The van der Waals surface area contributed by atoms with Crippen LogP contribution in [-0.4, -0.2) is 36.6 Å². The number of anilines is 1. The van der Waals surface area contributed by atoms with Crippen LogP contribution in [0.25, 0.3) is 0 Å². The molecule has 1 N–H and O–H groups in total. The van der Waals surface area contributed by atoms with E-state index in [4.69, 9.17) is 0 Å². The van der Waals surface area contributed by atoms with Gasteiger partial charge >= 0.3 is 0 Å². The average molecular weight is 234 g/mol. The van der Waals surface area contributed by atoms with E-state index in [1.165, 1.54) is 12.8 Å². The molecule has 0 atom stereocenters. The first-order valence-electron chi connectivity index (χ1n) is 6.41. The standard InChI is InChI=1S/C13H22N4/c1-10-8-11(2)16-13(15-10)17-6-4-12(5-7-17)9-14-3/h8,12,14H,4-7,9H2,1-3H3. The number of rotatable bonds is 3. The van der Waals surface area contributed by atoms with Crippen LogP contribution in [0.15, 0.2) is 6.07 Å². The predicted octanol–water partition coefficient (Wildman–Crippen LogP) is 1.53. The molecule has 0 aliphatic carbocycles. The van der Waals surface area contributed by atoms with Crippen molar-refractivity contribution in [3.63, 3.8) is 0 Å². The fraction of sp³-hybridized carbons (Fsp3) is 0.692. The quantitative estimate of drug-likeness (QED) is 0.861. The van der Waals surface area contributed by atoms with Crippen LogP contribution in [0.2, 0.25) is 0 Å². The van der Waals surface area contributed by atoms with Crippen molar-refractivity contribution >= 4 is 5.95 Å². The van der Waals surface area contributed by atoms with E-state index in [1.807, 2.05) is 27.0 Å². The Labute approximate surface area is 103 Å². The molecule has 1 fully saturated rings. The summed E-state index contributed by atoms with van der Waals surface area (Å²) >= 11 is 0. The van der Waals surface area contributed by atoms with Gasteiger partial charge in [0.05, 0.1) is 0 Å². The van der Waals surface area contributed by atoms with E-state index in [0.29, 0.717) is 0 Å². The van der Waals surface area contributed by atoms with E-state index in [-0.39, 0.29) is 0 Å². The monoisotopic (exact) mass is 234 g/mol. The third kappa shape index (κ3) is 3.16. The Balaban J connectivity index is 2.00. The summed E-state index contributed by atoms with van der Waals surface area (Å²) in [6.07, 6.45) is 2.47. The van der Waals surface area contributed by atoms with Crippen molar-refractivity contribution in [2.75, 3.05) is 31.6 Å². The van der Waals surface area contributed by atoms with Gasteiger partial charge in [0.15, 0.2) is 0 Å². The Hall–Kier alpha value is -1.16. The van der Waals surface area contributed by atoms with Crippen molar-refractivity contribution < 1.29 is 0 Å². The van der Waals surface area contributed by atoms with Crippen LogP contribution in [0.5, 0.6) is 0 Å². The SMILES string of the molecule is CNCC1CCN(c2nc(C)cc(C)n2)CC1. The third-order valence-electron chi connectivity index (χ3n) is 3.36. The lowest BCUT2D eigenvalue weighted by molar-refractivity contribution is 0.390. The summed E-state index contributed by atoms with van der Waals surface area (Å²) in [5, 5.41) is 3.26. The first-order valence-corrected chi connectivity index (χ1v) is 6.41. The van der Waals surface area contributed by atoms with E-state index in [2.05, 4.69) is 20.2 Å². The largest absolute Gasteiger partial charge is 0.341 e. The molecule has 1 aliphatic heterocycles. The average Bonchev–Trinajstić information content (AvgIpc) is 2.29. The normalized spacial score (nSPS) is 17.5. The first kappa shape index (κ1) is 12.3. The molecule has 0 spiro atoms. The highest BCUT2D eigenvalue weighted by Gasteiger charge is 2.20. The van der Waals surface area contributed by atoms with Crippen LogP contribution in [0.1, 0.15) is 24.2 Å². The zero-order valence-corrected chi connectivity index (χ0v) is 11.0. The lowest BCUT2D eigenvalue weighted by atomic mass is 9.97. The van der Waals surface area contributed by atoms with Gasteiger partial charge in [-0.25, -0.2) is 9.97 Å². The van der Waals surface area contributed by atoms with Crippen LogP contribution >= 0.6 is 0 Å². The second-order valence-electron chi connectivity index (χ2n) is 4.94. The summed E-state index contributed by atoms with van der Waals surface area (Å²) in [5.41, 5.74) is 2.12. The number of nitrogens with zero attached hydrogens (tertiary/aromatic N) is 3. The van der Waals surface area contributed by atoms with Gasteiger partial charge < -0.3 is 10.2 Å². The zero-order valence-electron chi connectivity index (χ0n) is 11.0. The summed E-state index contributed by atoms with van der Waals surface area (Å²) in [6.45, 7) is 7.35. The van der Waals surface area contributed by atoms with E-state index in [9.17, 15) is 0 Å². The van der Waals surface area contributed by atoms with Crippen molar-refractivity contribution in [2.24, 2.45) is 5.92 Å². The molecule has 1 aromatic heterocycles. The Morgan fingerprint density at radius 2 is 1.82 bits per heavy atom. The summed E-state index contributed by atoms with van der Waals surface area (Å²) < 4.78 is 0. The molecule has 2 rings (SSSR count).